The predicted molar refractivity (Wildman–Crippen MR) is 134 cm³/mol. The number of ether oxygens (including phenoxy) is 1. The fourth-order valence-electron chi connectivity index (χ4n) is 4.90. The van der Waals surface area contributed by atoms with Crippen molar-refractivity contribution in [3.63, 3.8) is 0 Å². The van der Waals surface area contributed by atoms with Crippen LogP contribution in [0.5, 0.6) is 5.75 Å². The minimum absolute atomic E-state index is 0.0505. The molecule has 3 atom stereocenters. The number of hydrogen-bond donors (Lipinski definition) is 1. The second-order valence-corrected chi connectivity index (χ2v) is 10.6. The topological polar surface area (TPSA) is 71.5 Å². The van der Waals surface area contributed by atoms with E-state index in [1.807, 2.05) is 36.9 Å². The summed E-state index contributed by atoms with van der Waals surface area (Å²) < 4.78 is 5.31. The van der Waals surface area contributed by atoms with E-state index in [4.69, 9.17) is 16.3 Å². The van der Waals surface area contributed by atoms with Crippen molar-refractivity contribution in [3.8, 4) is 16.2 Å². The van der Waals surface area contributed by atoms with E-state index in [2.05, 4.69) is 16.4 Å². The van der Waals surface area contributed by atoms with E-state index in [-0.39, 0.29) is 23.9 Å². The van der Waals surface area contributed by atoms with Crippen molar-refractivity contribution in [1.29, 1.82) is 0 Å². The highest BCUT2D eigenvalue weighted by molar-refractivity contribution is 7.15. The van der Waals surface area contributed by atoms with E-state index in [1.54, 1.807) is 29.5 Å². The summed E-state index contributed by atoms with van der Waals surface area (Å²) in [5.74, 6) is 0.640. The van der Waals surface area contributed by atoms with E-state index < -0.39 is 0 Å². The van der Waals surface area contributed by atoms with Crippen LogP contribution >= 0.6 is 22.9 Å². The van der Waals surface area contributed by atoms with E-state index in [0.29, 0.717) is 34.5 Å². The summed E-state index contributed by atoms with van der Waals surface area (Å²) in [7, 11) is 1.52. The molecule has 2 aromatic carbocycles. The number of benzene rings is 2. The zero-order valence-electron chi connectivity index (χ0n) is 19.3. The van der Waals surface area contributed by atoms with Crippen molar-refractivity contribution in [3.05, 3.63) is 69.3 Å². The number of fused-ring (bicyclic) bond motifs is 1. The quantitative estimate of drug-likeness (QED) is 0.515. The minimum Gasteiger partial charge on any atom is -0.496 e. The Morgan fingerprint density at radius 1 is 1.21 bits per heavy atom. The summed E-state index contributed by atoms with van der Waals surface area (Å²) in [6.45, 7) is 4.35. The number of likely N-dealkylation sites (tertiary alicyclic amines) is 1. The number of methoxy groups -OCH3 is 1. The van der Waals surface area contributed by atoms with Gasteiger partial charge in [-0.2, -0.15) is 0 Å². The lowest BCUT2D eigenvalue weighted by Crippen LogP contribution is -2.45. The Hall–Kier alpha value is -2.90. The number of aromatic nitrogens is 1. The van der Waals surface area contributed by atoms with Crippen LogP contribution in [-0.4, -0.2) is 47.4 Å². The van der Waals surface area contributed by atoms with Gasteiger partial charge in [-0.1, -0.05) is 41.4 Å². The molecule has 1 N–H and O–H groups in total. The Bertz CT molecular complexity index is 1270. The molecule has 1 saturated heterocycles. The first-order valence-corrected chi connectivity index (χ1v) is 12.5. The van der Waals surface area contributed by atoms with Crippen molar-refractivity contribution in [1.82, 2.24) is 15.2 Å². The van der Waals surface area contributed by atoms with E-state index in [0.717, 1.165) is 33.9 Å². The number of carbonyl (C=O) groups excluding carboxylic acids is 2. The highest BCUT2D eigenvalue weighted by Crippen LogP contribution is 2.48. The third-order valence-corrected chi connectivity index (χ3v) is 7.82. The molecule has 1 saturated carbocycles. The van der Waals surface area contributed by atoms with Crippen LogP contribution < -0.4 is 10.1 Å². The van der Waals surface area contributed by atoms with Crippen LogP contribution in [0.15, 0.2) is 42.5 Å². The van der Waals surface area contributed by atoms with Crippen molar-refractivity contribution in [2.75, 3.05) is 13.7 Å². The Morgan fingerprint density at radius 2 is 2.03 bits per heavy atom. The van der Waals surface area contributed by atoms with Gasteiger partial charge in [-0.05, 0) is 56.4 Å². The van der Waals surface area contributed by atoms with Crippen molar-refractivity contribution < 1.29 is 14.3 Å². The minimum atomic E-state index is -0.266. The Kier molecular flexibility index (Phi) is 6.08. The van der Waals surface area contributed by atoms with Crippen molar-refractivity contribution >= 4 is 34.8 Å². The molecular formula is C26H26ClN3O3S. The molecule has 8 heteroatoms. The second-order valence-electron chi connectivity index (χ2n) is 9.00. The predicted octanol–water partition coefficient (Wildman–Crippen LogP) is 5.12. The van der Waals surface area contributed by atoms with Gasteiger partial charge in [-0.15, -0.1) is 11.3 Å². The van der Waals surface area contributed by atoms with Gasteiger partial charge >= 0.3 is 0 Å². The van der Waals surface area contributed by atoms with Gasteiger partial charge in [0.2, 0.25) is 0 Å². The highest BCUT2D eigenvalue weighted by Gasteiger charge is 2.54. The fourth-order valence-corrected chi connectivity index (χ4v) is 5.98. The number of amides is 2. The zero-order chi connectivity index (χ0) is 24.0. The monoisotopic (exact) mass is 495 g/mol. The molecule has 3 aromatic rings. The Labute approximate surface area is 207 Å². The lowest BCUT2D eigenvalue weighted by atomic mass is 10.1. The lowest BCUT2D eigenvalue weighted by Gasteiger charge is -2.27. The molecule has 0 radical (unpaired) electrons. The van der Waals surface area contributed by atoms with Gasteiger partial charge < -0.3 is 15.0 Å². The first kappa shape index (κ1) is 22.9. The SMILES string of the molecule is COc1ccc(Cl)cc1C(=O)NC[C@@H]1C[C@@H]2CC2N1C(=O)c1nc(C)sc1-c1cccc(C)c1. The molecule has 2 fully saturated rings. The van der Waals surface area contributed by atoms with Crippen LogP contribution in [0.2, 0.25) is 5.02 Å². The molecule has 1 aromatic heterocycles. The first-order chi connectivity index (χ1) is 16.4. The van der Waals surface area contributed by atoms with Gasteiger partial charge in [0.05, 0.1) is 28.6 Å². The molecule has 0 spiro atoms. The van der Waals surface area contributed by atoms with Crippen LogP contribution in [0.25, 0.3) is 10.4 Å². The summed E-state index contributed by atoms with van der Waals surface area (Å²) in [4.78, 5) is 34.1. The van der Waals surface area contributed by atoms with Crippen LogP contribution in [0.4, 0.5) is 0 Å². The van der Waals surface area contributed by atoms with E-state index in [9.17, 15) is 9.59 Å². The van der Waals surface area contributed by atoms with Gasteiger partial charge in [-0.25, -0.2) is 4.98 Å². The summed E-state index contributed by atoms with van der Waals surface area (Å²) >= 11 is 7.63. The average Bonchev–Trinajstić information content (AvgIpc) is 3.30. The Morgan fingerprint density at radius 3 is 2.79 bits per heavy atom. The largest absolute Gasteiger partial charge is 0.496 e. The molecule has 2 aliphatic rings. The van der Waals surface area contributed by atoms with Crippen LogP contribution in [0, 0.1) is 19.8 Å². The van der Waals surface area contributed by atoms with Gasteiger partial charge in [0.15, 0.2) is 0 Å². The molecule has 5 rings (SSSR count). The summed E-state index contributed by atoms with van der Waals surface area (Å²) in [6, 6.07) is 13.3. The molecule has 176 valence electrons. The molecular weight excluding hydrogens is 470 g/mol. The third kappa shape index (κ3) is 4.30. The van der Waals surface area contributed by atoms with Crippen LogP contribution in [0.1, 0.15) is 44.3 Å². The standard InChI is InChI=1S/C26H26ClN3O3S/c1-14-5-4-6-16(9-14)24-23(29-15(2)34-24)26(32)30-19(10-17-11-21(17)30)13-28-25(31)20-12-18(27)7-8-22(20)33-3/h4-9,12,17,19,21H,10-11,13H2,1-3H3,(H,28,31)/t17-,19+,21?/m1/s1. The molecule has 34 heavy (non-hydrogen) atoms. The van der Waals surface area contributed by atoms with Crippen molar-refractivity contribution in [2.24, 2.45) is 5.92 Å². The molecule has 1 aliphatic heterocycles. The number of rotatable bonds is 6. The third-order valence-electron chi connectivity index (χ3n) is 6.57. The molecule has 0 bridgehead atoms. The summed E-state index contributed by atoms with van der Waals surface area (Å²) in [6.07, 6.45) is 1.90. The number of halogens is 1. The Balaban J connectivity index is 1.36. The summed E-state index contributed by atoms with van der Waals surface area (Å²) in [5, 5.41) is 4.32. The van der Waals surface area contributed by atoms with Gasteiger partial charge in [0, 0.05) is 17.6 Å². The zero-order valence-corrected chi connectivity index (χ0v) is 20.9. The maximum Gasteiger partial charge on any atom is 0.274 e. The number of piperidine rings is 1. The fraction of sp³-hybridized carbons (Fsp3) is 0.346. The lowest BCUT2D eigenvalue weighted by molar-refractivity contribution is 0.0684. The normalized spacial score (nSPS) is 20.7. The number of nitrogens with zero attached hydrogens (tertiary/aromatic N) is 2. The maximum absolute atomic E-state index is 13.8. The molecule has 1 unspecified atom stereocenters. The first-order valence-electron chi connectivity index (χ1n) is 11.3. The maximum atomic E-state index is 13.8. The van der Waals surface area contributed by atoms with Gasteiger partial charge in [-0.3, -0.25) is 9.59 Å². The van der Waals surface area contributed by atoms with E-state index >= 15 is 0 Å². The van der Waals surface area contributed by atoms with Crippen LogP contribution in [-0.2, 0) is 0 Å². The molecule has 1 aliphatic carbocycles. The van der Waals surface area contributed by atoms with Gasteiger partial charge in [0.25, 0.3) is 11.8 Å². The highest BCUT2D eigenvalue weighted by atomic mass is 35.5. The number of hydrogen-bond acceptors (Lipinski definition) is 5. The van der Waals surface area contributed by atoms with Gasteiger partial charge in [0.1, 0.15) is 11.4 Å². The number of carbonyl (C=O) groups is 2. The van der Waals surface area contributed by atoms with Crippen molar-refractivity contribution in [2.45, 2.75) is 38.8 Å². The number of thiazole rings is 1. The second kappa shape index (κ2) is 9.04. The smallest absolute Gasteiger partial charge is 0.274 e. The molecule has 2 heterocycles. The number of nitrogens with one attached hydrogen (secondary N) is 1. The molecule has 2 amide bonds. The van der Waals surface area contributed by atoms with E-state index in [1.165, 1.54) is 7.11 Å². The average molecular weight is 496 g/mol. The number of aryl methyl sites for hydroxylation is 2. The molecule has 6 nitrogen and oxygen atoms in total. The summed E-state index contributed by atoms with van der Waals surface area (Å²) in [5.41, 5.74) is 3.04. The van der Waals surface area contributed by atoms with Crippen LogP contribution in [0.3, 0.4) is 0 Å².